The van der Waals surface area contributed by atoms with E-state index in [2.05, 4.69) is 9.97 Å². The number of nitrogens with two attached hydrogens (primary N) is 1. The summed E-state index contributed by atoms with van der Waals surface area (Å²) in [4.78, 5) is 20.9. The van der Waals surface area contributed by atoms with Gasteiger partial charge >= 0.3 is 5.97 Å². The lowest BCUT2D eigenvalue weighted by Crippen LogP contribution is -2.12. The second-order valence-electron chi connectivity index (χ2n) is 4.85. The van der Waals surface area contributed by atoms with Crippen LogP contribution in [0, 0.1) is 0 Å². The molecule has 0 bridgehead atoms. The van der Waals surface area contributed by atoms with Gasteiger partial charge in [0.2, 0.25) is 5.95 Å². The molecular formula is C17H15N3O3S. The van der Waals surface area contributed by atoms with Crippen LogP contribution in [-0.4, -0.2) is 22.2 Å². The zero-order valence-electron chi connectivity index (χ0n) is 12.9. The number of benzene rings is 1. The first-order valence-electron chi connectivity index (χ1n) is 7.15. The molecule has 0 saturated heterocycles. The highest BCUT2D eigenvalue weighted by molar-refractivity contribution is 7.98. The van der Waals surface area contributed by atoms with Crippen LogP contribution < -0.4 is 5.73 Å². The first-order valence-corrected chi connectivity index (χ1v) is 8.38. The van der Waals surface area contributed by atoms with Crippen LogP contribution >= 0.6 is 11.8 Å². The topological polar surface area (TPSA) is 91.2 Å². The second kappa shape index (κ2) is 7.18. The molecular weight excluding hydrogens is 326 g/mol. The molecule has 6 nitrogen and oxygen atoms in total. The number of nitrogen functional groups attached to an aromatic ring is 1. The van der Waals surface area contributed by atoms with Crippen LogP contribution in [0.4, 0.5) is 5.95 Å². The minimum atomic E-state index is -0.519. The fourth-order valence-corrected chi connectivity index (χ4v) is 2.74. The molecule has 0 fully saturated rings. The molecule has 3 aromatic rings. The average molecular weight is 341 g/mol. The predicted octanol–water partition coefficient (Wildman–Crippen LogP) is 3.40. The van der Waals surface area contributed by atoms with Crippen LogP contribution in [0.2, 0.25) is 0 Å². The van der Waals surface area contributed by atoms with Crippen LogP contribution in [0.15, 0.2) is 58.2 Å². The number of carbonyl (C=O) groups excluding carboxylic acids is 1. The Hall–Kier alpha value is -2.80. The van der Waals surface area contributed by atoms with E-state index < -0.39 is 5.97 Å². The van der Waals surface area contributed by atoms with Gasteiger partial charge in [0.25, 0.3) is 0 Å². The maximum absolute atomic E-state index is 12.6. The number of carbonyl (C=O) groups is 1. The monoisotopic (exact) mass is 341 g/mol. The summed E-state index contributed by atoms with van der Waals surface area (Å²) in [6, 6.07) is 12.9. The second-order valence-corrected chi connectivity index (χ2v) is 5.65. The van der Waals surface area contributed by atoms with Gasteiger partial charge in [0.1, 0.15) is 22.9 Å². The Morgan fingerprint density at radius 2 is 2.00 bits per heavy atom. The van der Waals surface area contributed by atoms with Crippen LogP contribution in [0.3, 0.4) is 0 Å². The van der Waals surface area contributed by atoms with Crippen molar-refractivity contribution in [1.29, 1.82) is 0 Å². The lowest BCUT2D eigenvalue weighted by Gasteiger charge is -2.11. The molecule has 7 heteroatoms. The minimum Gasteiger partial charge on any atom is -0.463 e. The van der Waals surface area contributed by atoms with Gasteiger partial charge in [-0.15, -0.1) is 11.8 Å². The molecule has 24 heavy (non-hydrogen) atoms. The molecule has 0 atom stereocenters. The zero-order valence-corrected chi connectivity index (χ0v) is 13.7. The molecule has 3 rings (SSSR count). The summed E-state index contributed by atoms with van der Waals surface area (Å²) in [6.07, 6.45) is 3.31. The molecule has 2 N–H and O–H groups in total. The van der Waals surface area contributed by atoms with Gasteiger partial charge in [-0.3, -0.25) is 0 Å². The Kier molecular flexibility index (Phi) is 4.81. The number of esters is 1. The van der Waals surface area contributed by atoms with Crippen molar-refractivity contribution in [1.82, 2.24) is 9.97 Å². The Balaban J connectivity index is 1.94. The first-order chi connectivity index (χ1) is 11.7. The number of thioether (sulfide) groups is 1. The summed E-state index contributed by atoms with van der Waals surface area (Å²) < 4.78 is 10.8. The Morgan fingerprint density at radius 1 is 1.21 bits per heavy atom. The molecule has 2 heterocycles. The van der Waals surface area contributed by atoms with Gasteiger partial charge in [0, 0.05) is 0 Å². The van der Waals surface area contributed by atoms with Gasteiger partial charge in [-0.25, -0.2) is 14.8 Å². The van der Waals surface area contributed by atoms with Crippen LogP contribution in [-0.2, 0) is 11.3 Å². The summed E-state index contributed by atoms with van der Waals surface area (Å²) in [5.74, 6) is -0.00831. The van der Waals surface area contributed by atoms with Gasteiger partial charge in [-0.2, -0.15) is 0 Å². The molecule has 0 amide bonds. The number of hydrogen-bond acceptors (Lipinski definition) is 7. The number of aromatic nitrogens is 2. The molecule has 0 spiro atoms. The van der Waals surface area contributed by atoms with Gasteiger partial charge in [-0.1, -0.05) is 30.3 Å². The molecule has 0 saturated carbocycles. The fraction of sp³-hybridized carbons (Fsp3) is 0.118. The molecule has 2 aromatic heterocycles. The fourth-order valence-electron chi connectivity index (χ4n) is 2.18. The smallest absolute Gasteiger partial charge is 0.343 e. The Morgan fingerprint density at radius 3 is 2.67 bits per heavy atom. The third kappa shape index (κ3) is 3.41. The van der Waals surface area contributed by atoms with Crippen molar-refractivity contribution in [2.75, 3.05) is 12.0 Å². The largest absolute Gasteiger partial charge is 0.463 e. The number of rotatable bonds is 5. The van der Waals surface area contributed by atoms with E-state index in [1.807, 2.05) is 36.6 Å². The molecule has 122 valence electrons. The summed E-state index contributed by atoms with van der Waals surface area (Å²) in [6.45, 7) is 0.162. The van der Waals surface area contributed by atoms with Gasteiger partial charge in [0.15, 0.2) is 5.76 Å². The van der Waals surface area contributed by atoms with Crippen molar-refractivity contribution >= 4 is 23.7 Å². The standard InChI is InChI=1S/C17H15N3O3S/c1-24-15-13(16(21)23-10-11-6-3-2-4-7-11)14(19-17(18)20-15)12-8-5-9-22-12/h2-9H,10H2,1H3,(H2,18,19,20). The number of anilines is 1. The number of nitrogens with zero attached hydrogens (tertiary/aromatic N) is 2. The minimum absolute atomic E-state index is 0.0744. The van der Waals surface area contributed by atoms with Gasteiger partial charge < -0.3 is 14.9 Å². The zero-order chi connectivity index (χ0) is 16.9. The van der Waals surface area contributed by atoms with Crippen molar-refractivity contribution in [3.05, 3.63) is 59.9 Å². The summed E-state index contributed by atoms with van der Waals surface area (Å²) in [5, 5.41) is 0.451. The van der Waals surface area contributed by atoms with E-state index in [9.17, 15) is 4.79 Å². The predicted molar refractivity (Wildman–Crippen MR) is 91.5 cm³/mol. The SMILES string of the molecule is CSc1nc(N)nc(-c2ccco2)c1C(=O)OCc1ccccc1. The van der Waals surface area contributed by atoms with Crippen LogP contribution in [0.25, 0.3) is 11.5 Å². The summed E-state index contributed by atoms with van der Waals surface area (Å²) in [5.41, 5.74) is 7.22. The highest BCUT2D eigenvalue weighted by Crippen LogP contribution is 2.30. The number of hydrogen-bond donors (Lipinski definition) is 1. The highest BCUT2D eigenvalue weighted by Gasteiger charge is 2.24. The van der Waals surface area contributed by atoms with E-state index in [-0.39, 0.29) is 18.1 Å². The molecule has 0 aliphatic rings. The van der Waals surface area contributed by atoms with Crippen molar-refractivity contribution in [2.24, 2.45) is 0 Å². The summed E-state index contributed by atoms with van der Waals surface area (Å²) >= 11 is 1.30. The Labute approximate surface area is 143 Å². The lowest BCUT2D eigenvalue weighted by atomic mass is 10.2. The highest BCUT2D eigenvalue weighted by atomic mass is 32.2. The van der Waals surface area contributed by atoms with E-state index in [1.54, 1.807) is 12.1 Å². The summed E-state index contributed by atoms with van der Waals surface area (Å²) in [7, 11) is 0. The maximum atomic E-state index is 12.6. The molecule has 0 aliphatic carbocycles. The first kappa shape index (κ1) is 16.1. The molecule has 0 aliphatic heterocycles. The van der Waals surface area contributed by atoms with Crippen molar-refractivity contribution in [2.45, 2.75) is 11.6 Å². The quantitative estimate of drug-likeness (QED) is 0.432. The van der Waals surface area contributed by atoms with E-state index in [0.717, 1.165) is 5.56 Å². The average Bonchev–Trinajstić information content (AvgIpc) is 3.14. The number of furan rings is 1. The van der Waals surface area contributed by atoms with Crippen LogP contribution in [0.5, 0.6) is 0 Å². The molecule has 0 unspecified atom stereocenters. The lowest BCUT2D eigenvalue weighted by molar-refractivity contribution is 0.0468. The third-order valence-electron chi connectivity index (χ3n) is 3.26. The van der Waals surface area contributed by atoms with E-state index >= 15 is 0 Å². The normalized spacial score (nSPS) is 10.5. The van der Waals surface area contributed by atoms with Crippen molar-refractivity contribution in [3.63, 3.8) is 0 Å². The van der Waals surface area contributed by atoms with Gasteiger partial charge in [0.05, 0.1) is 6.26 Å². The maximum Gasteiger partial charge on any atom is 0.343 e. The van der Waals surface area contributed by atoms with Gasteiger partial charge in [-0.05, 0) is 24.0 Å². The molecule has 1 aromatic carbocycles. The van der Waals surface area contributed by atoms with E-state index in [4.69, 9.17) is 14.9 Å². The van der Waals surface area contributed by atoms with Crippen molar-refractivity contribution in [3.8, 4) is 11.5 Å². The van der Waals surface area contributed by atoms with E-state index in [1.165, 1.54) is 18.0 Å². The van der Waals surface area contributed by atoms with E-state index in [0.29, 0.717) is 16.5 Å². The number of ether oxygens (including phenoxy) is 1. The van der Waals surface area contributed by atoms with Crippen molar-refractivity contribution < 1.29 is 13.9 Å². The molecule has 0 radical (unpaired) electrons. The third-order valence-corrected chi connectivity index (χ3v) is 3.94. The van der Waals surface area contributed by atoms with Crippen LogP contribution in [0.1, 0.15) is 15.9 Å². The Bertz CT molecular complexity index is 836.